The molecule has 0 aliphatic rings. The molecule has 3 rings (SSSR count). The van der Waals surface area contributed by atoms with Crippen LogP contribution in [0, 0.1) is 0 Å². The van der Waals surface area contributed by atoms with Gasteiger partial charge in [-0.25, -0.2) is 0 Å². The van der Waals surface area contributed by atoms with Gasteiger partial charge >= 0.3 is 0 Å². The molecule has 0 aliphatic heterocycles. The van der Waals surface area contributed by atoms with Crippen molar-refractivity contribution in [2.75, 3.05) is 19.0 Å². The Morgan fingerprint density at radius 1 is 1.08 bits per heavy atom. The quantitative estimate of drug-likeness (QED) is 0.678. The molecule has 3 aromatic rings. The number of phenols is 1. The molecule has 0 bridgehead atoms. The van der Waals surface area contributed by atoms with E-state index in [1.165, 1.54) is 0 Å². The van der Waals surface area contributed by atoms with Gasteiger partial charge in [-0.2, -0.15) is 5.10 Å². The lowest BCUT2D eigenvalue weighted by Gasteiger charge is -2.12. The molecule has 1 aromatic heterocycles. The number of aliphatic carboxylic acids is 1. The molecular formula is C19H21N3O3. The van der Waals surface area contributed by atoms with Crippen LogP contribution in [-0.2, 0) is 4.79 Å². The van der Waals surface area contributed by atoms with Gasteiger partial charge in [0.25, 0.3) is 5.97 Å². The minimum absolute atomic E-state index is 0.246. The number of rotatable bonds is 3. The first-order valence-electron chi connectivity index (χ1n) is 7.69. The van der Waals surface area contributed by atoms with E-state index in [1.54, 1.807) is 12.1 Å². The average Bonchev–Trinajstić information content (AvgIpc) is 3.04. The van der Waals surface area contributed by atoms with Gasteiger partial charge in [0.05, 0.1) is 11.4 Å². The first-order valence-corrected chi connectivity index (χ1v) is 7.69. The summed E-state index contributed by atoms with van der Waals surface area (Å²) in [6, 6.07) is 17.4. The largest absolute Gasteiger partial charge is 0.507 e. The van der Waals surface area contributed by atoms with Crippen molar-refractivity contribution >= 4 is 11.7 Å². The molecule has 0 radical (unpaired) electrons. The fourth-order valence-electron chi connectivity index (χ4n) is 2.24. The molecule has 0 saturated carbocycles. The van der Waals surface area contributed by atoms with Gasteiger partial charge in [0, 0.05) is 37.8 Å². The summed E-state index contributed by atoms with van der Waals surface area (Å²) < 4.78 is 0. The van der Waals surface area contributed by atoms with E-state index < -0.39 is 5.97 Å². The van der Waals surface area contributed by atoms with Crippen LogP contribution in [0.3, 0.4) is 0 Å². The molecular weight excluding hydrogens is 318 g/mol. The monoisotopic (exact) mass is 339 g/mol. The number of H-pyrrole nitrogens is 1. The van der Waals surface area contributed by atoms with E-state index in [1.807, 2.05) is 44.4 Å². The van der Waals surface area contributed by atoms with Crippen LogP contribution in [0.25, 0.3) is 22.5 Å². The highest BCUT2D eigenvalue weighted by Crippen LogP contribution is 2.30. The molecule has 0 saturated heterocycles. The van der Waals surface area contributed by atoms with Gasteiger partial charge in [-0.05, 0) is 30.3 Å². The molecule has 0 unspecified atom stereocenters. The summed E-state index contributed by atoms with van der Waals surface area (Å²) in [6.45, 7) is 1.08. The van der Waals surface area contributed by atoms with Crippen LogP contribution in [0.15, 0.2) is 54.6 Å². The zero-order chi connectivity index (χ0) is 18.4. The third kappa shape index (κ3) is 4.84. The molecule has 0 atom stereocenters. The molecule has 130 valence electrons. The number of benzene rings is 2. The highest BCUT2D eigenvalue weighted by atomic mass is 16.4. The number of hydrogen-bond donors (Lipinski definition) is 3. The van der Waals surface area contributed by atoms with Gasteiger partial charge in [0.1, 0.15) is 5.75 Å². The van der Waals surface area contributed by atoms with Crippen molar-refractivity contribution in [2.45, 2.75) is 6.92 Å². The lowest BCUT2D eigenvalue weighted by Crippen LogP contribution is -2.07. The Morgan fingerprint density at radius 2 is 1.68 bits per heavy atom. The Labute approximate surface area is 146 Å². The first-order chi connectivity index (χ1) is 11.9. The fourth-order valence-corrected chi connectivity index (χ4v) is 2.24. The zero-order valence-corrected chi connectivity index (χ0v) is 14.4. The first kappa shape index (κ1) is 18.1. The van der Waals surface area contributed by atoms with Gasteiger partial charge < -0.3 is 15.1 Å². The maximum absolute atomic E-state index is 9.89. The van der Waals surface area contributed by atoms with E-state index in [9.17, 15) is 5.11 Å². The van der Waals surface area contributed by atoms with Crippen LogP contribution in [0.2, 0.25) is 0 Å². The van der Waals surface area contributed by atoms with Crippen molar-refractivity contribution in [1.82, 2.24) is 10.2 Å². The minimum Gasteiger partial charge on any atom is -0.507 e. The SMILES string of the molecule is CC(=O)O.CN(C)c1ccc(-c2cc(-c3ccccc3O)[nH]n2)cc1. The Kier molecular flexibility index (Phi) is 5.79. The summed E-state index contributed by atoms with van der Waals surface area (Å²) in [5.41, 5.74) is 4.60. The van der Waals surface area contributed by atoms with Crippen molar-refractivity contribution in [2.24, 2.45) is 0 Å². The smallest absolute Gasteiger partial charge is 0.300 e. The molecule has 0 fully saturated rings. The normalized spacial score (nSPS) is 9.88. The second-order valence-corrected chi connectivity index (χ2v) is 5.64. The van der Waals surface area contributed by atoms with Gasteiger partial charge in [-0.15, -0.1) is 0 Å². The van der Waals surface area contributed by atoms with Crippen LogP contribution in [-0.4, -0.2) is 40.5 Å². The van der Waals surface area contributed by atoms with Crippen LogP contribution in [0.4, 0.5) is 5.69 Å². The fraction of sp³-hybridized carbons (Fsp3) is 0.158. The number of nitrogens with one attached hydrogen (secondary N) is 1. The van der Waals surface area contributed by atoms with Crippen LogP contribution in [0.5, 0.6) is 5.75 Å². The Balaban J connectivity index is 0.000000511. The Morgan fingerprint density at radius 3 is 2.24 bits per heavy atom. The molecule has 6 nitrogen and oxygen atoms in total. The predicted octanol–water partition coefficient (Wildman–Crippen LogP) is 3.61. The number of nitrogens with zero attached hydrogens (tertiary/aromatic N) is 2. The van der Waals surface area contributed by atoms with Gasteiger partial charge in [0.15, 0.2) is 0 Å². The summed E-state index contributed by atoms with van der Waals surface area (Å²) in [7, 11) is 4.03. The maximum atomic E-state index is 9.89. The summed E-state index contributed by atoms with van der Waals surface area (Å²) in [6.07, 6.45) is 0. The highest BCUT2D eigenvalue weighted by molar-refractivity contribution is 5.72. The number of hydrogen-bond acceptors (Lipinski definition) is 4. The van der Waals surface area contributed by atoms with Gasteiger partial charge in [-0.1, -0.05) is 24.3 Å². The van der Waals surface area contributed by atoms with Crippen molar-refractivity contribution in [3.8, 4) is 28.3 Å². The number of aromatic amines is 1. The van der Waals surface area contributed by atoms with E-state index in [0.717, 1.165) is 35.1 Å². The topological polar surface area (TPSA) is 89.5 Å². The van der Waals surface area contributed by atoms with Crippen molar-refractivity contribution in [3.05, 3.63) is 54.6 Å². The number of anilines is 1. The molecule has 3 N–H and O–H groups in total. The Bertz CT molecular complexity index is 835. The summed E-state index contributed by atoms with van der Waals surface area (Å²) in [4.78, 5) is 11.1. The molecule has 1 heterocycles. The summed E-state index contributed by atoms with van der Waals surface area (Å²) >= 11 is 0. The Hall–Kier alpha value is -3.28. The lowest BCUT2D eigenvalue weighted by atomic mass is 10.1. The van der Waals surface area contributed by atoms with Crippen LogP contribution in [0.1, 0.15) is 6.92 Å². The summed E-state index contributed by atoms with van der Waals surface area (Å²) in [5, 5.41) is 24.6. The molecule has 25 heavy (non-hydrogen) atoms. The number of aromatic nitrogens is 2. The van der Waals surface area contributed by atoms with E-state index in [0.29, 0.717) is 0 Å². The molecule has 0 spiro atoms. The number of carboxylic acids is 1. The maximum Gasteiger partial charge on any atom is 0.300 e. The average molecular weight is 339 g/mol. The van der Waals surface area contributed by atoms with Gasteiger partial charge in [0.2, 0.25) is 0 Å². The van der Waals surface area contributed by atoms with Crippen LogP contribution < -0.4 is 4.90 Å². The van der Waals surface area contributed by atoms with E-state index in [-0.39, 0.29) is 5.75 Å². The van der Waals surface area contributed by atoms with Gasteiger partial charge in [-0.3, -0.25) is 9.89 Å². The standard InChI is InChI=1S/C17H17N3O.C2H4O2/c1-20(2)13-9-7-12(8-10-13)15-11-16(19-18-15)14-5-3-4-6-17(14)21;1-2(3)4/h3-11,21H,1-2H3,(H,18,19);1H3,(H,3,4). The minimum atomic E-state index is -0.833. The summed E-state index contributed by atoms with van der Waals surface area (Å²) in [5.74, 6) is -0.587. The molecule has 0 amide bonds. The van der Waals surface area contributed by atoms with E-state index in [2.05, 4.69) is 27.2 Å². The lowest BCUT2D eigenvalue weighted by molar-refractivity contribution is -0.134. The van der Waals surface area contributed by atoms with E-state index >= 15 is 0 Å². The van der Waals surface area contributed by atoms with Crippen LogP contribution >= 0.6 is 0 Å². The zero-order valence-electron chi connectivity index (χ0n) is 14.4. The number of carboxylic acid groups (broad SMARTS) is 1. The third-order valence-electron chi connectivity index (χ3n) is 3.45. The van der Waals surface area contributed by atoms with E-state index in [4.69, 9.17) is 9.90 Å². The van der Waals surface area contributed by atoms with Crippen molar-refractivity contribution in [1.29, 1.82) is 0 Å². The number of para-hydroxylation sites is 1. The highest BCUT2D eigenvalue weighted by Gasteiger charge is 2.09. The predicted molar refractivity (Wildman–Crippen MR) is 98.8 cm³/mol. The molecule has 6 heteroatoms. The molecule has 0 aliphatic carbocycles. The number of carbonyl (C=O) groups is 1. The number of phenolic OH excluding ortho intramolecular Hbond substituents is 1. The van der Waals surface area contributed by atoms with Crippen molar-refractivity contribution in [3.63, 3.8) is 0 Å². The molecule has 2 aromatic carbocycles. The van der Waals surface area contributed by atoms with Crippen molar-refractivity contribution < 1.29 is 15.0 Å². The second-order valence-electron chi connectivity index (χ2n) is 5.64. The number of aromatic hydroxyl groups is 1. The third-order valence-corrected chi connectivity index (χ3v) is 3.45. The second kappa shape index (κ2) is 8.01.